The molecule has 0 saturated heterocycles. The van der Waals surface area contributed by atoms with Crippen molar-refractivity contribution < 1.29 is 31.1 Å². The van der Waals surface area contributed by atoms with Crippen LogP contribution < -0.4 is 10.5 Å². The number of pyridine rings is 1. The molecule has 0 saturated carbocycles. The van der Waals surface area contributed by atoms with Crippen LogP contribution in [0.3, 0.4) is 0 Å². The van der Waals surface area contributed by atoms with E-state index < -0.39 is 36.8 Å². The molecule has 0 fully saturated rings. The van der Waals surface area contributed by atoms with Gasteiger partial charge in [0.05, 0.1) is 17.6 Å². The summed E-state index contributed by atoms with van der Waals surface area (Å²) < 4.78 is 89.8. The van der Waals surface area contributed by atoms with Crippen LogP contribution in [0.5, 0.6) is 5.75 Å². The lowest BCUT2D eigenvalue weighted by molar-refractivity contribution is -0.141. The summed E-state index contributed by atoms with van der Waals surface area (Å²) in [5, 5.41) is 7.80. The fourth-order valence-electron chi connectivity index (χ4n) is 4.22. The first-order valence-electron chi connectivity index (χ1n) is 10.7. The summed E-state index contributed by atoms with van der Waals surface area (Å²) in [6, 6.07) is 5.89. The minimum atomic E-state index is -4.76. The van der Waals surface area contributed by atoms with Crippen LogP contribution >= 0.6 is 0 Å². The highest BCUT2D eigenvalue weighted by molar-refractivity contribution is 5.68. The predicted octanol–water partition coefficient (Wildman–Crippen LogP) is 5.18. The SMILES string of the molecule is CC1Oc2cc(cnc2N)-c2c(cnn2CC(F)F)Cc2cc(C(F)(F)F)nn2-c2ccc(F)cc21. The molecule has 4 aromatic rings. The third kappa shape index (κ3) is 4.25. The fourth-order valence-corrected chi connectivity index (χ4v) is 4.22. The van der Waals surface area contributed by atoms with Crippen molar-refractivity contribution in [2.75, 3.05) is 5.73 Å². The summed E-state index contributed by atoms with van der Waals surface area (Å²) in [5.41, 5.74) is 6.16. The number of hydrogen-bond acceptors (Lipinski definition) is 5. The van der Waals surface area contributed by atoms with Crippen LogP contribution in [-0.4, -0.2) is 31.0 Å². The lowest BCUT2D eigenvalue weighted by Gasteiger charge is -2.22. The van der Waals surface area contributed by atoms with E-state index in [0.717, 1.165) is 27.6 Å². The zero-order valence-electron chi connectivity index (χ0n) is 18.6. The maximum atomic E-state index is 14.2. The van der Waals surface area contributed by atoms with Crippen molar-refractivity contribution in [3.63, 3.8) is 0 Å². The number of nitrogens with two attached hydrogens (primary N) is 1. The molecule has 36 heavy (non-hydrogen) atoms. The Balaban J connectivity index is 1.80. The summed E-state index contributed by atoms with van der Waals surface area (Å²) in [4.78, 5) is 4.10. The Labute approximate surface area is 200 Å². The number of rotatable bonds is 2. The van der Waals surface area contributed by atoms with Gasteiger partial charge in [-0.05, 0) is 37.3 Å². The van der Waals surface area contributed by atoms with E-state index in [1.165, 1.54) is 24.5 Å². The van der Waals surface area contributed by atoms with Crippen LogP contribution in [0.4, 0.5) is 32.2 Å². The molecule has 4 heterocycles. The molecular formula is C23H18F6N6O. The summed E-state index contributed by atoms with van der Waals surface area (Å²) in [6.07, 6.45) is -5.90. The van der Waals surface area contributed by atoms with Gasteiger partial charge in [0, 0.05) is 35.0 Å². The first-order valence-corrected chi connectivity index (χ1v) is 10.7. The Bertz CT molecular complexity index is 1440. The van der Waals surface area contributed by atoms with E-state index in [9.17, 15) is 26.3 Å². The first-order chi connectivity index (χ1) is 17.0. The maximum absolute atomic E-state index is 14.2. The third-order valence-corrected chi connectivity index (χ3v) is 5.79. The standard InChI is InChI=1S/C23H18F6N6O/c1-11-16-6-14(24)2-3-17(16)35-15(7-19(33-35)23(27,28)29)4-12-9-32-34(10-20(25)26)21(12)13-5-18(36-11)22(30)31-8-13/h2-3,5-9,11,20H,4,10H2,1H3,(H2,30,31). The van der Waals surface area contributed by atoms with Gasteiger partial charge in [0.2, 0.25) is 0 Å². The number of benzene rings is 1. The predicted molar refractivity (Wildman–Crippen MR) is 116 cm³/mol. The van der Waals surface area contributed by atoms with Crippen LogP contribution in [0, 0.1) is 5.82 Å². The van der Waals surface area contributed by atoms with Crippen molar-refractivity contribution in [2.24, 2.45) is 0 Å². The second-order valence-corrected chi connectivity index (χ2v) is 8.27. The number of ether oxygens (including phenoxy) is 1. The Kier molecular flexibility index (Phi) is 5.64. The number of halogens is 6. The summed E-state index contributed by atoms with van der Waals surface area (Å²) in [6.45, 7) is 0.817. The monoisotopic (exact) mass is 508 g/mol. The molecule has 188 valence electrons. The molecule has 1 atom stereocenters. The third-order valence-electron chi connectivity index (χ3n) is 5.79. The number of anilines is 1. The van der Waals surface area contributed by atoms with Gasteiger partial charge in [0.15, 0.2) is 17.3 Å². The molecule has 13 heteroatoms. The van der Waals surface area contributed by atoms with E-state index in [1.54, 1.807) is 6.92 Å². The van der Waals surface area contributed by atoms with Crippen LogP contribution in [0.25, 0.3) is 16.9 Å². The average molecular weight is 508 g/mol. The number of fused-ring (bicyclic) bond motifs is 7. The van der Waals surface area contributed by atoms with Crippen molar-refractivity contribution in [3.8, 4) is 22.7 Å². The molecule has 0 spiro atoms. The Hall–Kier alpha value is -4.03. The van der Waals surface area contributed by atoms with E-state index in [4.69, 9.17) is 10.5 Å². The molecule has 1 aliphatic rings. The van der Waals surface area contributed by atoms with Crippen LogP contribution in [-0.2, 0) is 19.1 Å². The average Bonchev–Trinajstić information content (AvgIpc) is 3.39. The van der Waals surface area contributed by atoms with Gasteiger partial charge in [0.25, 0.3) is 6.43 Å². The van der Waals surface area contributed by atoms with Crippen molar-refractivity contribution in [1.29, 1.82) is 0 Å². The molecule has 0 radical (unpaired) electrons. The maximum Gasteiger partial charge on any atom is 0.435 e. The van der Waals surface area contributed by atoms with Gasteiger partial charge >= 0.3 is 6.18 Å². The van der Waals surface area contributed by atoms with Gasteiger partial charge in [-0.1, -0.05) is 0 Å². The van der Waals surface area contributed by atoms with Gasteiger partial charge in [-0.3, -0.25) is 4.68 Å². The Morgan fingerprint density at radius 3 is 2.67 bits per heavy atom. The summed E-state index contributed by atoms with van der Waals surface area (Å²) >= 11 is 0. The number of hydrogen-bond donors (Lipinski definition) is 1. The van der Waals surface area contributed by atoms with Gasteiger partial charge in [-0.15, -0.1) is 0 Å². The van der Waals surface area contributed by atoms with Crippen molar-refractivity contribution in [2.45, 2.75) is 38.6 Å². The topological polar surface area (TPSA) is 83.8 Å². The minimum absolute atomic E-state index is 0.0128. The molecule has 2 N–H and O–H groups in total. The molecular weight excluding hydrogens is 490 g/mol. The van der Waals surface area contributed by atoms with E-state index in [0.29, 0.717) is 11.1 Å². The zero-order valence-corrected chi connectivity index (χ0v) is 18.6. The van der Waals surface area contributed by atoms with Crippen molar-refractivity contribution in [3.05, 3.63) is 71.1 Å². The van der Waals surface area contributed by atoms with Crippen LogP contribution in [0.2, 0.25) is 0 Å². The quantitative estimate of drug-likeness (QED) is 0.378. The van der Waals surface area contributed by atoms with Crippen LogP contribution in [0.1, 0.15) is 35.5 Å². The number of nitrogen functional groups attached to an aromatic ring is 1. The second-order valence-electron chi connectivity index (χ2n) is 8.27. The van der Waals surface area contributed by atoms with E-state index in [1.807, 2.05) is 0 Å². The molecule has 0 amide bonds. The summed E-state index contributed by atoms with van der Waals surface area (Å²) in [5.74, 6) is -0.555. The Morgan fingerprint density at radius 2 is 1.94 bits per heavy atom. The molecule has 1 unspecified atom stereocenters. The van der Waals surface area contributed by atoms with Crippen molar-refractivity contribution >= 4 is 5.82 Å². The lowest BCUT2D eigenvalue weighted by atomic mass is 10.0. The van der Waals surface area contributed by atoms with E-state index in [2.05, 4.69) is 15.2 Å². The largest absolute Gasteiger partial charge is 0.482 e. The lowest BCUT2D eigenvalue weighted by Crippen LogP contribution is -2.15. The fraction of sp³-hybridized carbons (Fsp3) is 0.261. The van der Waals surface area contributed by atoms with Gasteiger partial charge in [0.1, 0.15) is 18.5 Å². The van der Waals surface area contributed by atoms with E-state index >= 15 is 0 Å². The first kappa shape index (κ1) is 23.7. The number of alkyl halides is 5. The van der Waals surface area contributed by atoms with Gasteiger partial charge < -0.3 is 10.5 Å². The number of aromatic nitrogens is 5. The van der Waals surface area contributed by atoms with Gasteiger partial charge in [-0.2, -0.15) is 23.4 Å². The van der Waals surface area contributed by atoms with Crippen molar-refractivity contribution in [1.82, 2.24) is 24.5 Å². The normalized spacial score (nSPS) is 15.4. The molecule has 2 bridgehead atoms. The molecule has 7 nitrogen and oxygen atoms in total. The minimum Gasteiger partial charge on any atom is -0.482 e. The van der Waals surface area contributed by atoms with Crippen LogP contribution in [0.15, 0.2) is 42.7 Å². The van der Waals surface area contributed by atoms with E-state index in [-0.39, 0.29) is 40.6 Å². The molecule has 3 aromatic heterocycles. The number of nitrogens with zero attached hydrogens (tertiary/aromatic N) is 5. The smallest absolute Gasteiger partial charge is 0.435 e. The molecule has 0 aliphatic carbocycles. The second kappa shape index (κ2) is 8.57. The summed E-state index contributed by atoms with van der Waals surface area (Å²) in [7, 11) is 0. The zero-order chi connectivity index (χ0) is 25.8. The van der Waals surface area contributed by atoms with Gasteiger partial charge in [-0.25, -0.2) is 22.8 Å². The molecule has 1 aromatic carbocycles. The highest BCUT2D eigenvalue weighted by Gasteiger charge is 2.36. The Morgan fingerprint density at radius 1 is 1.17 bits per heavy atom. The molecule has 1 aliphatic heterocycles. The highest BCUT2D eigenvalue weighted by Crippen LogP contribution is 2.37. The molecule has 5 rings (SSSR count). The highest BCUT2D eigenvalue weighted by atomic mass is 19.4.